The van der Waals surface area contributed by atoms with Crippen molar-refractivity contribution in [2.24, 2.45) is 11.8 Å². The van der Waals surface area contributed by atoms with Gasteiger partial charge in [-0.2, -0.15) is 0 Å². The summed E-state index contributed by atoms with van der Waals surface area (Å²) in [4.78, 5) is 0. The highest BCUT2D eigenvalue weighted by molar-refractivity contribution is 6.62. The lowest BCUT2D eigenvalue weighted by molar-refractivity contribution is 0.330. The Morgan fingerprint density at radius 2 is 1.64 bits per heavy atom. The van der Waals surface area contributed by atoms with Crippen molar-refractivity contribution >= 4 is 6.71 Å². The quantitative estimate of drug-likeness (QED) is 0.395. The average Bonchev–Trinajstić information content (AvgIpc) is 1.99. The van der Waals surface area contributed by atoms with Crippen LogP contribution in [0.15, 0.2) is 12.2 Å². The third kappa shape index (κ3) is 2.07. The fourth-order valence-corrected chi connectivity index (χ4v) is 3.51. The molecule has 0 aromatic carbocycles. The Kier molecular flexibility index (Phi) is 2.53. The van der Waals surface area contributed by atoms with Crippen molar-refractivity contribution in [2.45, 2.75) is 58.0 Å². The highest BCUT2D eigenvalue weighted by atomic mass is 14.3. The fourth-order valence-electron chi connectivity index (χ4n) is 3.51. The van der Waals surface area contributed by atoms with E-state index in [1.807, 2.05) is 0 Å². The molecule has 1 aliphatic carbocycles. The summed E-state index contributed by atoms with van der Waals surface area (Å²) in [5.41, 5.74) is 1.53. The maximum Gasteiger partial charge on any atom is 0.146 e. The molecule has 78 valence electrons. The lowest BCUT2D eigenvalue weighted by Crippen LogP contribution is -2.37. The number of hydrogen-bond donors (Lipinski definition) is 0. The van der Waals surface area contributed by atoms with E-state index >= 15 is 0 Å². The Balaban J connectivity index is 2.05. The van der Waals surface area contributed by atoms with Crippen molar-refractivity contribution in [3.63, 3.8) is 0 Å². The number of fused-ring (bicyclic) bond motifs is 2. The van der Waals surface area contributed by atoms with Crippen molar-refractivity contribution in [1.29, 1.82) is 0 Å². The Morgan fingerprint density at radius 1 is 1.14 bits per heavy atom. The van der Waals surface area contributed by atoms with Crippen molar-refractivity contribution in [1.82, 2.24) is 0 Å². The lowest BCUT2D eigenvalue weighted by atomic mass is 9.26. The van der Waals surface area contributed by atoms with E-state index in [0.29, 0.717) is 5.31 Å². The zero-order chi connectivity index (χ0) is 10.3. The van der Waals surface area contributed by atoms with Gasteiger partial charge in [-0.15, -0.1) is 0 Å². The largest absolute Gasteiger partial charge is 0.146 e. The molecule has 0 amide bonds. The van der Waals surface area contributed by atoms with Gasteiger partial charge in [0.25, 0.3) is 0 Å². The first kappa shape index (κ1) is 10.3. The van der Waals surface area contributed by atoms with E-state index in [1.165, 1.54) is 37.5 Å². The molecule has 0 spiro atoms. The molecule has 2 bridgehead atoms. The molecule has 0 aromatic heterocycles. The Labute approximate surface area is 89.2 Å². The summed E-state index contributed by atoms with van der Waals surface area (Å²) < 4.78 is 0. The molecule has 2 aliphatic rings. The smallest absolute Gasteiger partial charge is 0.0998 e. The van der Waals surface area contributed by atoms with Crippen LogP contribution in [0, 0.1) is 11.8 Å². The van der Waals surface area contributed by atoms with Gasteiger partial charge in [0.05, 0.1) is 0 Å². The third-order valence-electron chi connectivity index (χ3n) is 4.28. The second kappa shape index (κ2) is 3.43. The van der Waals surface area contributed by atoms with Crippen LogP contribution >= 0.6 is 0 Å². The summed E-state index contributed by atoms with van der Waals surface area (Å²) >= 11 is 0. The molecule has 14 heavy (non-hydrogen) atoms. The number of hydrogen-bond acceptors (Lipinski definition) is 0. The summed E-state index contributed by atoms with van der Waals surface area (Å²) in [6, 6.07) is 0. The van der Waals surface area contributed by atoms with Crippen LogP contribution in [0.3, 0.4) is 0 Å². The molecule has 1 saturated carbocycles. The minimum Gasteiger partial charge on any atom is -0.0998 e. The monoisotopic (exact) mass is 190 g/mol. The van der Waals surface area contributed by atoms with Crippen LogP contribution < -0.4 is 0 Å². The fraction of sp³-hybridized carbons (Fsp3) is 0.846. The van der Waals surface area contributed by atoms with Crippen LogP contribution in [0.5, 0.6) is 0 Å². The van der Waals surface area contributed by atoms with Gasteiger partial charge >= 0.3 is 0 Å². The summed E-state index contributed by atoms with van der Waals surface area (Å²) in [5, 5.41) is 0.523. The van der Waals surface area contributed by atoms with Gasteiger partial charge in [-0.25, -0.2) is 0 Å². The van der Waals surface area contributed by atoms with Gasteiger partial charge in [-0.1, -0.05) is 50.9 Å². The summed E-state index contributed by atoms with van der Waals surface area (Å²) in [6.07, 6.45) is 7.05. The SMILES string of the molecule is C=C1CC2CB(C(C)(C)C)CC(C1)C2. The summed E-state index contributed by atoms with van der Waals surface area (Å²) in [5.74, 6) is 1.94. The van der Waals surface area contributed by atoms with E-state index in [4.69, 9.17) is 0 Å². The van der Waals surface area contributed by atoms with Crippen LogP contribution in [-0.2, 0) is 0 Å². The number of rotatable bonds is 0. The minimum absolute atomic E-state index is 0.523. The molecule has 2 rings (SSSR count). The Bertz CT molecular complexity index is 220. The van der Waals surface area contributed by atoms with E-state index in [2.05, 4.69) is 27.4 Å². The Morgan fingerprint density at radius 3 is 2.07 bits per heavy atom. The molecular formula is C13H23B. The van der Waals surface area contributed by atoms with Crippen LogP contribution in [-0.4, -0.2) is 6.71 Å². The summed E-state index contributed by atoms with van der Waals surface area (Å²) in [7, 11) is 0. The second-order valence-electron chi connectivity index (χ2n) is 6.66. The zero-order valence-electron chi connectivity index (χ0n) is 9.97. The normalized spacial score (nSPS) is 33.4. The van der Waals surface area contributed by atoms with Crippen LogP contribution in [0.1, 0.15) is 40.0 Å². The molecule has 1 aliphatic heterocycles. The first-order valence-electron chi connectivity index (χ1n) is 6.12. The molecule has 0 radical (unpaired) electrons. The van der Waals surface area contributed by atoms with Gasteiger partial charge in [-0.05, 0) is 31.1 Å². The number of allylic oxidation sites excluding steroid dienone is 1. The molecule has 2 unspecified atom stereocenters. The van der Waals surface area contributed by atoms with E-state index in [9.17, 15) is 0 Å². The standard InChI is InChI=1S/C13H23B/c1-10-5-11-7-12(6-10)9-14(8-11)13(2,3)4/h11-12H,1,5-9H2,2-4H3. The molecule has 1 heterocycles. The summed E-state index contributed by atoms with van der Waals surface area (Å²) in [6.45, 7) is 12.4. The van der Waals surface area contributed by atoms with Crippen molar-refractivity contribution in [3.05, 3.63) is 12.2 Å². The predicted molar refractivity (Wildman–Crippen MR) is 65.1 cm³/mol. The van der Waals surface area contributed by atoms with Gasteiger partial charge in [0, 0.05) is 0 Å². The minimum atomic E-state index is 0.523. The molecule has 0 N–H and O–H groups in total. The molecular weight excluding hydrogens is 167 g/mol. The lowest BCUT2D eigenvalue weighted by Gasteiger charge is -2.43. The van der Waals surface area contributed by atoms with Crippen LogP contribution in [0.2, 0.25) is 18.0 Å². The third-order valence-corrected chi connectivity index (χ3v) is 4.28. The highest BCUT2D eigenvalue weighted by Crippen LogP contribution is 2.48. The van der Waals surface area contributed by atoms with E-state index in [0.717, 1.165) is 18.5 Å². The zero-order valence-corrected chi connectivity index (χ0v) is 9.97. The van der Waals surface area contributed by atoms with Gasteiger partial charge in [0.15, 0.2) is 0 Å². The second-order valence-corrected chi connectivity index (χ2v) is 6.66. The maximum atomic E-state index is 4.18. The molecule has 2 fully saturated rings. The van der Waals surface area contributed by atoms with E-state index < -0.39 is 0 Å². The molecule has 2 atom stereocenters. The molecule has 0 nitrogen and oxygen atoms in total. The first-order valence-corrected chi connectivity index (χ1v) is 6.12. The van der Waals surface area contributed by atoms with E-state index in [1.54, 1.807) is 0 Å². The van der Waals surface area contributed by atoms with Gasteiger partial charge in [0.2, 0.25) is 0 Å². The highest BCUT2D eigenvalue weighted by Gasteiger charge is 2.39. The Hall–Kier alpha value is -0.195. The van der Waals surface area contributed by atoms with Crippen LogP contribution in [0.25, 0.3) is 0 Å². The van der Waals surface area contributed by atoms with Crippen molar-refractivity contribution < 1.29 is 0 Å². The van der Waals surface area contributed by atoms with Crippen molar-refractivity contribution in [3.8, 4) is 0 Å². The first-order chi connectivity index (χ1) is 6.45. The van der Waals surface area contributed by atoms with Gasteiger partial charge in [-0.3, -0.25) is 0 Å². The molecule has 1 saturated heterocycles. The topological polar surface area (TPSA) is 0 Å². The van der Waals surface area contributed by atoms with Crippen molar-refractivity contribution in [2.75, 3.05) is 0 Å². The predicted octanol–water partition coefficient (Wildman–Crippen LogP) is 4.27. The van der Waals surface area contributed by atoms with Gasteiger partial charge in [0.1, 0.15) is 6.71 Å². The average molecular weight is 190 g/mol. The maximum absolute atomic E-state index is 4.18. The van der Waals surface area contributed by atoms with E-state index in [-0.39, 0.29) is 0 Å². The van der Waals surface area contributed by atoms with Gasteiger partial charge < -0.3 is 0 Å². The molecule has 1 heteroatoms. The molecule has 0 aromatic rings. The van der Waals surface area contributed by atoms with Crippen LogP contribution in [0.4, 0.5) is 0 Å².